The quantitative estimate of drug-likeness (QED) is 0.916. The molecule has 5 nitrogen and oxygen atoms in total. The summed E-state index contributed by atoms with van der Waals surface area (Å²) < 4.78 is 26.1. The minimum absolute atomic E-state index is 0.230. The highest BCUT2D eigenvalue weighted by Gasteiger charge is 2.43. The zero-order valence-corrected chi connectivity index (χ0v) is 12.8. The molecule has 1 N–H and O–H groups in total. The lowest BCUT2D eigenvalue weighted by atomic mass is 10.0. The second-order valence-corrected chi connectivity index (χ2v) is 7.86. The first-order chi connectivity index (χ1) is 9.22. The second kappa shape index (κ2) is 5.18. The Morgan fingerprint density at radius 3 is 2.30 bits per heavy atom. The van der Waals surface area contributed by atoms with E-state index >= 15 is 0 Å². The molecule has 1 aliphatic rings. The van der Waals surface area contributed by atoms with Crippen molar-refractivity contribution in [2.24, 2.45) is 0 Å². The standard InChI is InChI=1S/C14H20N2O3S/c1-14(2,3)15-13(17)12-9-10-16(12)20(18,19)11-7-5-4-6-8-11/h4-8,12H,9-10H2,1-3H3,(H,15,17)/t12-/m1/s1. The monoisotopic (exact) mass is 296 g/mol. The fourth-order valence-electron chi connectivity index (χ4n) is 2.09. The summed E-state index contributed by atoms with van der Waals surface area (Å²) in [5.41, 5.74) is -0.366. The van der Waals surface area contributed by atoms with Crippen LogP contribution in [0.3, 0.4) is 0 Å². The minimum atomic E-state index is -3.58. The van der Waals surface area contributed by atoms with E-state index in [2.05, 4.69) is 5.32 Å². The predicted molar refractivity (Wildman–Crippen MR) is 76.6 cm³/mol. The van der Waals surface area contributed by atoms with Crippen LogP contribution in [-0.4, -0.2) is 36.8 Å². The smallest absolute Gasteiger partial charge is 0.243 e. The van der Waals surface area contributed by atoms with Crippen LogP contribution in [0.15, 0.2) is 35.2 Å². The molecule has 0 spiro atoms. The molecule has 20 heavy (non-hydrogen) atoms. The number of nitrogens with one attached hydrogen (secondary N) is 1. The summed E-state index contributed by atoms with van der Waals surface area (Å²) in [5.74, 6) is -0.233. The Kier molecular flexibility index (Phi) is 3.88. The first-order valence-electron chi connectivity index (χ1n) is 6.61. The maximum absolute atomic E-state index is 12.4. The van der Waals surface area contributed by atoms with Gasteiger partial charge in [0.15, 0.2) is 0 Å². The molecular weight excluding hydrogens is 276 g/mol. The lowest BCUT2D eigenvalue weighted by molar-refractivity contribution is -0.129. The number of amides is 1. The van der Waals surface area contributed by atoms with Gasteiger partial charge in [0.05, 0.1) is 4.90 Å². The fourth-order valence-corrected chi connectivity index (χ4v) is 3.75. The van der Waals surface area contributed by atoms with E-state index in [0.29, 0.717) is 13.0 Å². The van der Waals surface area contributed by atoms with Crippen molar-refractivity contribution < 1.29 is 13.2 Å². The maximum Gasteiger partial charge on any atom is 0.243 e. The van der Waals surface area contributed by atoms with Crippen LogP contribution in [-0.2, 0) is 14.8 Å². The molecule has 0 aromatic heterocycles. The Morgan fingerprint density at radius 2 is 1.85 bits per heavy atom. The van der Waals surface area contributed by atoms with Gasteiger partial charge >= 0.3 is 0 Å². The van der Waals surface area contributed by atoms with Gasteiger partial charge in [0.1, 0.15) is 6.04 Å². The summed E-state index contributed by atoms with van der Waals surface area (Å²) in [6, 6.07) is 7.62. The Bertz CT molecular complexity index is 591. The van der Waals surface area contributed by atoms with E-state index in [-0.39, 0.29) is 16.3 Å². The summed E-state index contributed by atoms with van der Waals surface area (Å²) in [4.78, 5) is 12.3. The van der Waals surface area contributed by atoms with Crippen molar-refractivity contribution in [1.82, 2.24) is 9.62 Å². The van der Waals surface area contributed by atoms with Gasteiger partial charge in [0, 0.05) is 12.1 Å². The van der Waals surface area contributed by atoms with E-state index in [0.717, 1.165) is 0 Å². The summed E-state index contributed by atoms with van der Waals surface area (Å²) >= 11 is 0. The van der Waals surface area contributed by atoms with Gasteiger partial charge in [-0.3, -0.25) is 4.79 Å². The molecule has 0 bridgehead atoms. The molecule has 1 amide bonds. The van der Waals surface area contributed by atoms with Gasteiger partial charge < -0.3 is 5.32 Å². The molecule has 0 saturated carbocycles. The van der Waals surface area contributed by atoms with E-state index in [1.807, 2.05) is 20.8 Å². The topological polar surface area (TPSA) is 66.5 Å². The number of rotatable bonds is 3. The molecule has 1 aromatic carbocycles. The first kappa shape index (κ1) is 15.0. The number of carbonyl (C=O) groups is 1. The lowest BCUT2D eigenvalue weighted by Gasteiger charge is -2.39. The van der Waals surface area contributed by atoms with Crippen molar-refractivity contribution in [3.63, 3.8) is 0 Å². The predicted octanol–water partition coefficient (Wildman–Crippen LogP) is 1.36. The van der Waals surface area contributed by atoms with Crippen molar-refractivity contribution >= 4 is 15.9 Å². The molecule has 2 rings (SSSR count). The zero-order chi connectivity index (χ0) is 15.0. The average Bonchev–Trinajstić information content (AvgIpc) is 2.25. The van der Waals surface area contributed by atoms with Crippen LogP contribution in [0.5, 0.6) is 0 Å². The summed E-state index contributed by atoms with van der Waals surface area (Å²) in [7, 11) is -3.58. The number of hydrogen-bond acceptors (Lipinski definition) is 3. The zero-order valence-electron chi connectivity index (χ0n) is 12.0. The normalized spacial score (nSPS) is 20.2. The summed E-state index contributed by atoms with van der Waals surface area (Å²) in [6.07, 6.45) is 0.563. The van der Waals surface area contributed by atoms with Crippen LogP contribution in [0.4, 0.5) is 0 Å². The molecule has 110 valence electrons. The SMILES string of the molecule is CC(C)(C)NC(=O)[C@H]1CCN1S(=O)(=O)c1ccccc1. The summed E-state index contributed by atoms with van der Waals surface area (Å²) in [6.45, 7) is 6.01. The largest absolute Gasteiger partial charge is 0.350 e. The molecule has 1 aromatic rings. The van der Waals surface area contributed by atoms with Gasteiger partial charge in [-0.25, -0.2) is 8.42 Å². The van der Waals surface area contributed by atoms with Crippen molar-refractivity contribution in [3.8, 4) is 0 Å². The van der Waals surface area contributed by atoms with E-state index in [4.69, 9.17) is 0 Å². The van der Waals surface area contributed by atoms with Gasteiger partial charge in [-0.2, -0.15) is 4.31 Å². The maximum atomic E-state index is 12.4. The third-order valence-electron chi connectivity index (χ3n) is 3.12. The fraction of sp³-hybridized carbons (Fsp3) is 0.500. The molecular formula is C14H20N2O3S. The van der Waals surface area contributed by atoms with Gasteiger partial charge in [0.25, 0.3) is 0 Å². The van der Waals surface area contributed by atoms with Crippen LogP contribution >= 0.6 is 0 Å². The third kappa shape index (κ3) is 3.02. The molecule has 6 heteroatoms. The highest BCUT2D eigenvalue weighted by molar-refractivity contribution is 7.89. The first-order valence-corrected chi connectivity index (χ1v) is 8.05. The van der Waals surface area contributed by atoms with E-state index in [1.54, 1.807) is 30.3 Å². The van der Waals surface area contributed by atoms with E-state index in [1.165, 1.54) is 4.31 Å². The number of hydrogen-bond donors (Lipinski definition) is 1. The Morgan fingerprint density at radius 1 is 1.25 bits per heavy atom. The number of sulfonamides is 1. The minimum Gasteiger partial charge on any atom is -0.350 e. The molecule has 0 unspecified atom stereocenters. The van der Waals surface area contributed by atoms with Crippen LogP contribution < -0.4 is 5.32 Å². The average molecular weight is 296 g/mol. The van der Waals surface area contributed by atoms with Gasteiger partial charge in [-0.1, -0.05) is 18.2 Å². The van der Waals surface area contributed by atoms with Gasteiger partial charge in [-0.15, -0.1) is 0 Å². The van der Waals surface area contributed by atoms with Crippen molar-refractivity contribution in [1.29, 1.82) is 0 Å². The molecule has 1 aliphatic heterocycles. The summed E-state index contributed by atoms with van der Waals surface area (Å²) in [5, 5.41) is 2.83. The van der Waals surface area contributed by atoms with Gasteiger partial charge in [0.2, 0.25) is 15.9 Å². The van der Waals surface area contributed by atoms with Crippen LogP contribution in [0.25, 0.3) is 0 Å². The number of benzene rings is 1. The second-order valence-electron chi connectivity index (χ2n) is 5.97. The van der Waals surface area contributed by atoms with Crippen molar-refractivity contribution in [2.75, 3.05) is 6.54 Å². The van der Waals surface area contributed by atoms with E-state index < -0.39 is 16.1 Å². The Hall–Kier alpha value is -1.40. The van der Waals surface area contributed by atoms with Crippen molar-refractivity contribution in [2.45, 2.75) is 43.7 Å². The third-order valence-corrected chi connectivity index (χ3v) is 5.04. The highest BCUT2D eigenvalue weighted by atomic mass is 32.2. The Labute approximate surface area is 120 Å². The molecule has 0 aliphatic carbocycles. The lowest BCUT2D eigenvalue weighted by Crippen LogP contribution is -2.60. The number of carbonyl (C=O) groups excluding carboxylic acids is 1. The molecule has 1 saturated heterocycles. The molecule has 1 fully saturated rings. The van der Waals surface area contributed by atoms with Crippen LogP contribution in [0.2, 0.25) is 0 Å². The number of nitrogens with zero attached hydrogens (tertiary/aromatic N) is 1. The molecule has 0 radical (unpaired) electrons. The molecule has 1 heterocycles. The van der Waals surface area contributed by atoms with Crippen LogP contribution in [0, 0.1) is 0 Å². The molecule has 1 atom stereocenters. The van der Waals surface area contributed by atoms with Crippen LogP contribution in [0.1, 0.15) is 27.2 Å². The van der Waals surface area contributed by atoms with Gasteiger partial charge in [-0.05, 0) is 39.3 Å². The van der Waals surface area contributed by atoms with Crippen molar-refractivity contribution in [3.05, 3.63) is 30.3 Å². The highest BCUT2D eigenvalue weighted by Crippen LogP contribution is 2.27. The Balaban J connectivity index is 2.17. The van der Waals surface area contributed by atoms with E-state index in [9.17, 15) is 13.2 Å².